The highest BCUT2D eigenvalue weighted by atomic mass is 32.2. The van der Waals surface area contributed by atoms with Gasteiger partial charge in [0.25, 0.3) is 5.91 Å². The molecule has 0 radical (unpaired) electrons. The van der Waals surface area contributed by atoms with Gasteiger partial charge in [-0.15, -0.1) is 0 Å². The Balaban J connectivity index is 1.44. The molecule has 0 fully saturated rings. The Morgan fingerprint density at radius 2 is 1.74 bits per heavy atom. The predicted octanol–water partition coefficient (Wildman–Crippen LogP) is 2.93. The zero-order chi connectivity index (χ0) is 25.0. The minimum atomic E-state index is -3.59. The van der Waals surface area contributed by atoms with Crippen molar-refractivity contribution in [2.45, 2.75) is 11.4 Å². The number of nitrogens with zero attached hydrogens (tertiary/aromatic N) is 3. The largest absolute Gasteiger partial charge is 0.348 e. The molecule has 1 amide bonds. The monoisotopic (exact) mass is 495 g/mol. The van der Waals surface area contributed by atoms with Crippen LogP contribution in [0, 0.1) is 5.82 Å². The zero-order valence-corrected chi connectivity index (χ0v) is 20.2. The number of carbonyl (C=O) groups is 1. The standard InChI is InChI=1S/C25H26FN5O3S/c1-30(2)15-14-29-35(33,34)21-12-6-18(7-13-21)16-27-25(32)22-4-3-5-24-23(22)17-28-31(24)20-10-8-19(26)9-11-20/h3-13,17,29H,14-16H2,1-2H3,(H,27,32). The van der Waals surface area contributed by atoms with E-state index in [0.717, 1.165) is 11.1 Å². The van der Waals surface area contributed by atoms with Crippen LogP contribution in [0.1, 0.15) is 15.9 Å². The van der Waals surface area contributed by atoms with Crippen molar-refractivity contribution in [2.75, 3.05) is 27.2 Å². The number of amides is 1. The number of nitrogens with one attached hydrogen (secondary N) is 2. The number of halogens is 1. The first kappa shape index (κ1) is 24.5. The molecule has 10 heteroatoms. The van der Waals surface area contributed by atoms with Crippen molar-refractivity contribution >= 4 is 26.8 Å². The molecule has 1 aromatic heterocycles. The van der Waals surface area contributed by atoms with Crippen molar-refractivity contribution in [3.63, 3.8) is 0 Å². The lowest BCUT2D eigenvalue weighted by Gasteiger charge is -2.11. The van der Waals surface area contributed by atoms with Gasteiger partial charge < -0.3 is 10.2 Å². The number of sulfonamides is 1. The van der Waals surface area contributed by atoms with Gasteiger partial charge in [-0.3, -0.25) is 4.79 Å². The first-order valence-corrected chi connectivity index (χ1v) is 12.5. The number of hydrogen-bond acceptors (Lipinski definition) is 5. The van der Waals surface area contributed by atoms with Crippen LogP contribution in [0.4, 0.5) is 4.39 Å². The average Bonchev–Trinajstić information content (AvgIpc) is 3.27. The number of aromatic nitrogens is 2. The summed E-state index contributed by atoms with van der Waals surface area (Å²) >= 11 is 0. The fourth-order valence-corrected chi connectivity index (χ4v) is 4.61. The summed E-state index contributed by atoms with van der Waals surface area (Å²) in [4.78, 5) is 15.0. The molecular formula is C25H26FN5O3S. The van der Waals surface area contributed by atoms with Gasteiger partial charge in [-0.1, -0.05) is 18.2 Å². The molecule has 1 heterocycles. The molecule has 8 nitrogen and oxygen atoms in total. The second-order valence-electron chi connectivity index (χ2n) is 8.30. The summed E-state index contributed by atoms with van der Waals surface area (Å²) < 4.78 is 42.3. The van der Waals surface area contributed by atoms with Crippen LogP contribution in [0.15, 0.2) is 77.8 Å². The molecule has 0 saturated heterocycles. The van der Waals surface area contributed by atoms with Crippen LogP contribution >= 0.6 is 0 Å². The van der Waals surface area contributed by atoms with E-state index in [9.17, 15) is 17.6 Å². The molecule has 0 aliphatic rings. The number of hydrogen-bond donors (Lipinski definition) is 2. The Kier molecular flexibility index (Phi) is 7.25. The Morgan fingerprint density at radius 1 is 1.03 bits per heavy atom. The number of benzene rings is 3. The summed E-state index contributed by atoms with van der Waals surface area (Å²) in [7, 11) is 0.153. The van der Waals surface area contributed by atoms with Crippen molar-refractivity contribution in [3.8, 4) is 5.69 Å². The molecule has 2 N–H and O–H groups in total. The summed E-state index contributed by atoms with van der Waals surface area (Å²) in [6.07, 6.45) is 1.61. The Labute approximate surface area is 203 Å². The van der Waals surface area contributed by atoms with Gasteiger partial charge >= 0.3 is 0 Å². The van der Waals surface area contributed by atoms with Gasteiger partial charge in [0, 0.05) is 25.0 Å². The van der Waals surface area contributed by atoms with Gasteiger partial charge in [-0.2, -0.15) is 5.10 Å². The summed E-state index contributed by atoms with van der Waals surface area (Å²) in [6, 6.07) is 17.7. The molecule has 182 valence electrons. The van der Waals surface area contributed by atoms with Gasteiger partial charge in [-0.25, -0.2) is 22.2 Å². The van der Waals surface area contributed by atoms with Crippen molar-refractivity contribution in [1.29, 1.82) is 0 Å². The maximum Gasteiger partial charge on any atom is 0.252 e. The molecule has 0 atom stereocenters. The third-order valence-corrected chi connectivity index (χ3v) is 6.94. The van der Waals surface area contributed by atoms with E-state index in [1.807, 2.05) is 25.1 Å². The van der Waals surface area contributed by atoms with Crippen LogP contribution in [0.5, 0.6) is 0 Å². The summed E-state index contributed by atoms with van der Waals surface area (Å²) in [5.41, 5.74) is 2.63. The number of rotatable bonds is 9. The molecule has 0 spiro atoms. The first-order valence-electron chi connectivity index (χ1n) is 11.0. The quantitative estimate of drug-likeness (QED) is 0.372. The third kappa shape index (κ3) is 5.73. The van der Waals surface area contributed by atoms with Crippen molar-refractivity contribution in [1.82, 2.24) is 24.7 Å². The van der Waals surface area contributed by atoms with Crippen LogP contribution < -0.4 is 10.0 Å². The SMILES string of the molecule is CN(C)CCNS(=O)(=O)c1ccc(CNC(=O)c2cccc3c2cnn3-c2ccc(F)cc2)cc1. The molecule has 0 bridgehead atoms. The number of likely N-dealkylation sites (N-methyl/N-ethyl adjacent to an activating group) is 1. The van der Waals surface area contributed by atoms with Gasteiger partial charge in [0.1, 0.15) is 5.82 Å². The van der Waals surface area contributed by atoms with E-state index in [1.54, 1.807) is 47.3 Å². The number of fused-ring (bicyclic) bond motifs is 1. The number of carbonyl (C=O) groups excluding carboxylic acids is 1. The molecule has 0 saturated carbocycles. The van der Waals surface area contributed by atoms with E-state index in [0.29, 0.717) is 29.7 Å². The molecule has 35 heavy (non-hydrogen) atoms. The lowest BCUT2D eigenvalue weighted by atomic mass is 10.1. The fraction of sp³-hybridized carbons (Fsp3) is 0.200. The Bertz CT molecular complexity index is 1430. The molecule has 4 rings (SSSR count). The van der Waals surface area contributed by atoms with E-state index >= 15 is 0 Å². The Hall–Kier alpha value is -3.60. The van der Waals surface area contributed by atoms with E-state index in [-0.39, 0.29) is 23.2 Å². The van der Waals surface area contributed by atoms with E-state index in [1.165, 1.54) is 24.3 Å². The molecule has 3 aromatic carbocycles. The maximum absolute atomic E-state index is 13.3. The predicted molar refractivity (Wildman–Crippen MR) is 132 cm³/mol. The first-order chi connectivity index (χ1) is 16.7. The summed E-state index contributed by atoms with van der Waals surface area (Å²) in [5, 5.41) is 7.91. The third-order valence-electron chi connectivity index (χ3n) is 5.47. The van der Waals surface area contributed by atoms with Gasteiger partial charge in [0.2, 0.25) is 10.0 Å². The smallest absolute Gasteiger partial charge is 0.252 e. The van der Waals surface area contributed by atoms with Gasteiger partial charge in [0.15, 0.2) is 0 Å². The molecule has 4 aromatic rings. The minimum absolute atomic E-state index is 0.171. The maximum atomic E-state index is 13.3. The minimum Gasteiger partial charge on any atom is -0.348 e. The zero-order valence-electron chi connectivity index (χ0n) is 19.4. The van der Waals surface area contributed by atoms with E-state index in [2.05, 4.69) is 15.1 Å². The fourth-order valence-electron chi connectivity index (χ4n) is 3.59. The molecule has 0 aliphatic carbocycles. The molecule has 0 aliphatic heterocycles. The topological polar surface area (TPSA) is 96.3 Å². The second-order valence-corrected chi connectivity index (χ2v) is 10.1. The van der Waals surface area contributed by atoms with Crippen LogP contribution in [0.25, 0.3) is 16.6 Å². The second kappa shape index (κ2) is 10.3. The highest BCUT2D eigenvalue weighted by Gasteiger charge is 2.15. The Morgan fingerprint density at radius 3 is 2.43 bits per heavy atom. The molecule has 0 unspecified atom stereocenters. The lowest BCUT2D eigenvalue weighted by molar-refractivity contribution is 0.0952. The normalized spacial score (nSPS) is 11.8. The van der Waals surface area contributed by atoms with Crippen molar-refractivity contribution in [3.05, 3.63) is 89.9 Å². The lowest BCUT2D eigenvalue weighted by Crippen LogP contribution is -2.31. The van der Waals surface area contributed by atoms with Gasteiger partial charge in [0.05, 0.1) is 27.9 Å². The van der Waals surface area contributed by atoms with Crippen molar-refractivity contribution < 1.29 is 17.6 Å². The molecular weight excluding hydrogens is 469 g/mol. The van der Waals surface area contributed by atoms with Gasteiger partial charge in [-0.05, 0) is 68.2 Å². The highest BCUT2D eigenvalue weighted by molar-refractivity contribution is 7.89. The van der Waals surface area contributed by atoms with E-state index < -0.39 is 10.0 Å². The average molecular weight is 496 g/mol. The van der Waals surface area contributed by atoms with Crippen molar-refractivity contribution in [2.24, 2.45) is 0 Å². The van der Waals surface area contributed by atoms with E-state index in [4.69, 9.17) is 0 Å². The van der Waals surface area contributed by atoms with Crippen LogP contribution in [-0.2, 0) is 16.6 Å². The summed E-state index contributed by atoms with van der Waals surface area (Å²) in [5.74, 6) is -0.618. The summed E-state index contributed by atoms with van der Waals surface area (Å²) in [6.45, 7) is 1.14. The van der Waals surface area contributed by atoms with Crippen LogP contribution in [-0.4, -0.2) is 56.2 Å². The van der Waals surface area contributed by atoms with Crippen LogP contribution in [0.3, 0.4) is 0 Å². The highest BCUT2D eigenvalue weighted by Crippen LogP contribution is 2.22. The van der Waals surface area contributed by atoms with Crippen LogP contribution in [0.2, 0.25) is 0 Å².